The van der Waals surface area contributed by atoms with Crippen molar-refractivity contribution in [2.45, 2.75) is 26.5 Å². The Hall–Kier alpha value is -1.53. The fourth-order valence-electron chi connectivity index (χ4n) is 1.99. The van der Waals surface area contributed by atoms with E-state index in [4.69, 9.17) is 9.47 Å². The lowest BCUT2D eigenvalue weighted by molar-refractivity contribution is 0.0885. The summed E-state index contributed by atoms with van der Waals surface area (Å²) in [6, 6.07) is 7.30. The maximum atomic E-state index is 10.1. The second-order valence-corrected chi connectivity index (χ2v) is 5.60. The molecular weight excluding hydrogens is 336 g/mol. The number of ether oxygens (including phenoxy) is 2. The molecule has 0 saturated carbocycles. The number of aromatic nitrogens is 2. The van der Waals surface area contributed by atoms with Gasteiger partial charge in [0.25, 0.3) is 0 Å². The first-order valence-electron chi connectivity index (χ1n) is 6.65. The monoisotopic (exact) mass is 354 g/mol. The van der Waals surface area contributed by atoms with Crippen LogP contribution >= 0.6 is 15.9 Å². The minimum atomic E-state index is -0.638. The van der Waals surface area contributed by atoms with Crippen molar-refractivity contribution in [3.63, 3.8) is 0 Å². The number of hydrogen-bond donors (Lipinski definition) is 1. The molecular formula is C15H19BrN2O3. The molecule has 114 valence electrons. The standard InChI is InChI=1S/C15H19BrN2O3/c1-10-15(16)11(2)18(17-10)8-12(19)9-21-14-6-4-5-13(7-14)20-3/h4-7,12,19H,8-9H2,1-3H3/t12-/m1/s1. The zero-order chi connectivity index (χ0) is 15.4. The van der Waals surface area contributed by atoms with Crippen LogP contribution in [0.15, 0.2) is 28.7 Å². The highest BCUT2D eigenvalue weighted by molar-refractivity contribution is 9.10. The molecule has 0 amide bonds. The summed E-state index contributed by atoms with van der Waals surface area (Å²) in [5.74, 6) is 1.40. The molecule has 1 aromatic heterocycles. The average Bonchev–Trinajstić information content (AvgIpc) is 2.72. The Morgan fingerprint density at radius 1 is 1.33 bits per heavy atom. The minimum Gasteiger partial charge on any atom is -0.497 e. The molecule has 0 spiro atoms. The third-order valence-electron chi connectivity index (χ3n) is 3.16. The quantitative estimate of drug-likeness (QED) is 0.866. The van der Waals surface area contributed by atoms with Gasteiger partial charge in [0.15, 0.2) is 0 Å². The second-order valence-electron chi connectivity index (χ2n) is 4.81. The molecule has 1 aromatic carbocycles. The van der Waals surface area contributed by atoms with E-state index >= 15 is 0 Å². The maximum Gasteiger partial charge on any atom is 0.123 e. The van der Waals surface area contributed by atoms with Gasteiger partial charge in [-0.1, -0.05) is 6.07 Å². The van der Waals surface area contributed by atoms with Crippen LogP contribution in [0, 0.1) is 13.8 Å². The SMILES string of the molecule is COc1cccc(OC[C@H](O)Cn2nc(C)c(Br)c2C)c1. The number of nitrogens with zero attached hydrogens (tertiary/aromatic N) is 2. The lowest BCUT2D eigenvalue weighted by Gasteiger charge is -2.14. The first-order chi connectivity index (χ1) is 10.0. The van der Waals surface area contributed by atoms with Crippen LogP contribution in [0.1, 0.15) is 11.4 Å². The number of halogens is 1. The van der Waals surface area contributed by atoms with Crippen LogP contribution in [0.2, 0.25) is 0 Å². The van der Waals surface area contributed by atoms with E-state index in [1.807, 2.05) is 32.0 Å². The summed E-state index contributed by atoms with van der Waals surface area (Å²) in [6.45, 7) is 4.47. The lowest BCUT2D eigenvalue weighted by Crippen LogP contribution is -2.24. The molecule has 0 saturated heterocycles. The molecule has 1 atom stereocenters. The van der Waals surface area contributed by atoms with Gasteiger partial charge in [-0.05, 0) is 41.9 Å². The molecule has 0 radical (unpaired) electrons. The molecule has 1 N–H and O–H groups in total. The van der Waals surface area contributed by atoms with Crippen molar-refractivity contribution in [3.8, 4) is 11.5 Å². The van der Waals surface area contributed by atoms with E-state index in [1.165, 1.54) is 0 Å². The average molecular weight is 355 g/mol. The lowest BCUT2D eigenvalue weighted by atomic mass is 10.3. The summed E-state index contributed by atoms with van der Waals surface area (Å²) in [5.41, 5.74) is 1.90. The zero-order valence-corrected chi connectivity index (χ0v) is 13.9. The molecule has 0 unspecified atom stereocenters. The summed E-state index contributed by atoms with van der Waals surface area (Å²) in [6.07, 6.45) is -0.638. The summed E-state index contributed by atoms with van der Waals surface area (Å²) >= 11 is 3.47. The van der Waals surface area contributed by atoms with E-state index in [2.05, 4.69) is 21.0 Å². The second kappa shape index (κ2) is 6.95. The maximum absolute atomic E-state index is 10.1. The van der Waals surface area contributed by atoms with Crippen molar-refractivity contribution in [1.29, 1.82) is 0 Å². The van der Waals surface area contributed by atoms with Crippen LogP contribution in [0.4, 0.5) is 0 Å². The first-order valence-corrected chi connectivity index (χ1v) is 7.45. The zero-order valence-electron chi connectivity index (χ0n) is 12.3. The van der Waals surface area contributed by atoms with Gasteiger partial charge in [0.1, 0.15) is 24.2 Å². The van der Waals surface area contributed by atoms with E-state index in [9.17, 15) is 5.11 Å². The number of rotatable bonds is 6. The largest absolute Gasteiger partial charge is 0.497 e. The molecule has 2 aromatic rings. The van der Waals surface area contributed by atoms with E-state index in [0.717, 1.165) is 21.6 Å². The Kier molecular flexibility index (Phi) is 5.25. The summed E-state index contributed by atoms with van der Waals surface area (Å²) in [7, 11) is 1.61. The van der Waals surface area contributed by atoms with Crippen molar-refractivity contribution in [2.24, 2.45) is 0 Å². The van der Waals surface area contributed by atoms with E-state index in [-0.39, 0.29) is 6.61 Å². The van der Waals surface area contributed by atoms with Crippen molar-refractivity contribution >= 4 is 15.9 Å². The third-order valence-corrected chi connectivity index (χ3v) is 4.31. The van der Waals surface area contributed by atoms with Crippen LogP contribution < -0.4 is 9.47 Å². The van der Waals surface area contributed by atoms with Gasteiger partial charge in [-0.2, -0.15) is 5.10 Å². The molecule has 21 heavy (non-hydrogen) atoms. The number of aliphatic hydroxyl groups is 1. The highest BCUT2D eigenvalue weighted by Crippen LogP contribution is 2.21. The molecule has 5 nitrogen and oxygen atoms in total. The van der Waals surface area contributed by atoms with Gasteiger partial charge >= 0.3 is 0 Å². The Morgan fingerprint density at radius 2 is 2.05 bits per heavy atom. The number of hydrogen-bond acceptors (Lipinski definition) is 4. The van der Waals surface area contributed by atoms with Crippen molar-refractivity contribution in [1.82, 2.24) is 9.78 Å². The Labute approximate surface area is 132 Å². The number of methoxy groups -OCH3 is 1. The molecule has 0 aliphatic heterocycles. The molecule has 2 rings (SSSR count). The van der Waals surface area contributed by atoms with Crippen LogP contribution in [0.25, 0.3) is 0 Å². The normalized spacial score (nSPS) is 12.2. The number of aliphatic hydroxyl groups excluding tert-OH is 1. The first kappa shape index (κ1) is 15.9. The topological polar surface area (TPSA) is 56.5 Å². The Bertz CT molecular complexity index is 613. The summed E-state index contributed by atoms with van der Waals surface area (Å²) in [5, 5.41) is 14.4. The molecule has 0 aliphatic carbocycles. The van der Waals surface area contributed by atoms with Crippen molar-refractivity contribution in [2.75, 3.05) is 13.7 Å². The number of aryl methyl sites for hydroxylation is 1. The van der Waals surface area contributed by atoms with Gasteiger partial charge < -0.3 is 14.6 Å². The van der Waals surface area contributed by atoms with Crippen molar-refractivity contribution in [3.05, 3.63) is 40.1 Å². The van der Waals surface area contributed by atoms with Gasteiger partial charge in [0.2, 0.25) is 0 Å². The van der Waals surface area contributed by atoms with Gasteiger partial charge in [-0.25, -0.2) is 0 Å². The number of benzene rings is 1. The van der Waals surface area contributed by atoms with Crippen LogP contribution in [0.3, 0.4) is 0 Å². The fourth-order valence-corrected chi connectivity index (χ4v) is 2.27. The Balaban J connectivity index is 1.92. The van der Waals surface area contributed by atoms with E-state index in [1.54, 1.807) is 17.9 Å². The van der Waals surface area contributed by atoms with Crippen molar-refractivity contribution < 1.29 is 14.6 Å². The highest BCUT2D eigenvalue weighted by Gasteiger charge is 2.13. The summed E-state index contributed by atoms with van der Waals surface area (Å²) in [4.78, 5) is 0. The van der Waals surface area contributed by atoms with E-state index < -0.39 is 6.10 Å². The molecule has 1 heterocycles. The van der Waals surface area contributed by atoms with Crippen LogP contribution in [0.5, 0.6) is 11.5 Å². The Morgan fingerprint density at radius 3 is 2.67 bits per heavy atom. The van der Waals surface area contributed by atoms with Crippen LogP contribution in [-0.2, 0) is 6.54 Å². The van der Waals surface area contributed by atoms with Gasteiger partial charge in [-0.15, -0.1) is 0 Å². The third kappa shape index (κ3) is 3.98. The van der Waals surface area contributed by atoms with E-state index in [0.29, 0.717) is 12.3 Å². The molecule has 0 aliphatic rings. The predicted octanol–water partition coefficient (Wildman–Crippen LogP) is 2.71. The van der Waals surface area contributed by atoms with Gasteiger partial charge in [0, 0.05) is 11.8 Å². The highest BCUT2D eigenvalue weighted by atomic mass is 79.9. The van der Waals surface area contributed by atoms with Gasteiger partial charge in [0.05, 0.1) is 23.8 Å². The van der Waals surface area contributed by atoms with Crippen LogP contribution in [-0.4, -0.2) is 34.7 Å². The smallest absolute Gasteiger partial charge is 0.123 e. The fraction of sp³-hybridized carbons (Fsp3) is 0.400. The molecule has 0 bridgehead atoms. The molecule has 6 heteroatoms. The predicted molar refractivity (Wildman–Crippen MR) is 83.9 cm³/mol. The minimum absolute atomic E-state index is 0.198. The molecule has 0 fully saturated rings. The summed E-state index contributed by atoms with van der Waals surface area (Å²) < 4.78 is 13.5. The van der Waals surface area contributed by atoms with Gasteiger partial charge in [-0.3, -0.25) is 4.68 Å².